The van der Waals surface area contributed by atoms with Crippen molar-refractivity contribution >= 4 is 86.4 Å². The van der Waals surface area contributed by atoms with Crippen molar-refractivity contribution in [3.8, 4) is 33.6 Å². The summed E-state index contributed by atoms with van der Waals surface area (Å²) >= 11 is 7.12. The number of hydrogen-bond acceptors (Lipinski definition) is 16. The Morgan fingerprint density at radius 2 is 1.04 bits per heavy atom. The molecule has 6 N–H and O–H groups in total. The zero-order valence-corrected chi connectivity index (χ0v) is 45.5. The summed E-state index contributed by atoms with van der Waals surface area (Å²) in [7, 11) is -7.46. The van der Waals surface area contributed by atoms with Gasteiger partial charge in [0.05, 0.1) is 63.1 Å². The number of hydrogen-bond donors (Lipinski definition) is 3. The number of nitrogen functional groups attached to an aromatic ring is 2. The van der Waals surface area contributed by atoms with Crippen molar-refractivity contribution in [2.24, 2.45) is 0 Å². The number of ether oxygens (including phenoxy) is 1. The van der Waals surface area contributed by atoms with Crippen LogP contribution in [0.2, 0.25) is 0 Å². The summed E-state index contributed by atoms with van der Waals surface area (Å²) in [6.45, 7) is 1.80. The van der Waals surface area contributed by atoms with Gasteiger partial charge in [0.15, 0.2) is 40.5 Å². The summed E-state index contributed by atoms with van der Waals surface area (Å²) in [5, 5.41) is 27.5. The Hall–Kier alpha value is -5.94. The van der Waals surface area contributed by atoms with Crippen molar-refractivity contribution in [3.05, 3.63) is 118 Å². The molecule has 2 saturated carbocycles. The number of para-hydroxylation sites is 2. The van der Waals surface area contributed by atoms with Crippen LogP contribution in [0.1, 0.15) is 81.5 Å². The van der Waals surface area contributed by atoms with Gasteiger partial charge < -0.3 is 26.8 Å². The van der Waals surface area contributed by atoms with E-state index in [-0.39, 0.29) is 68.5 Å². The van der Waals surface area contributed by atoms with Gasteiger partial charge in [0.1, 0.15) is 11.6 Å². The number of benzene rings is 2. The molecule has 0 atom stereocenters. The third-order valence-corrected chi connectivity index (χ3v) is 19.6. The van der Waals surface area contributed by atoms with Gasteiger partial charge in [-0.2, -0.15) is 29.4 Å². The number of carboxylic acid groups (broad SMARTS) is 1. The molecule has 6 aromatic heterocycles. The summed E-state index contributed by atoms with van der Waals surface area (Å²) in [5.41, 5.74) is 20.4. The number of sulfone groups is 2. The van der Waals surface area contributed by atoms with Gasteiger partial charge in [0.2, 0.25) is 0 Å². The molecule has 21 nitrogen and oxygen atoms in total. The van der Waals surface area contributed by atoms with Crippen LogP contribution < -0.4 is 30.3 Å². The van der Waals surface area contributed by atoms with Gasteiger partial charge in [-0.25, -0.2) is 36.2 Å². The maximum atomic E-state index is 12.7. The van der Waals surface area contributed by atoms with Crippen molar-refractivity contribution in [1.82, 2.24) is 48.8 Å². The van der Waals surface area contributed by atoms with Crippen molar-refractivity contribution in [3.63, 3.8) is 0 Å². The molecule has 0 saturated heterocycles. The molecule has 2 aliphatic rings. The van der Waals surface area contributed by atoms with E-state index in [1.165, 1.54) is 0 Å². The molecular weight excluding hydrogens is 1120 g/mol. The predicted octanol–water partition coefficient (Wildman–Crippen LogP) is 4.21. The van der Waals surface area contributed by atoms with E-state index in [1.807, 2.05) is 73.1 Å². The SMILES string of the molecule is CCOC(=O)C1(S(C)(=O)=O)CCC(c2nc3c(-c4cnn(-c5ccccc5)c4)cnn3c(N)c2Br)CC1.CS(=O)(=O)C1(C(=O)O)CCC(c2nc3c(-c4cnn(-c5ccccc5)c4)cnn3c(N)c2Br)CC1.[Li+].[OH-]. The molecule has 0 spiro atoms. The zero-order chi connectivity index (χ0) is 51.3. The molecule has 384 valence electrons. The number of carbonyl (C=O) groups excluding carboxylic acids is 1. The number of fused-ring (bicyclic) bond motifs is 2. The van der Waals surface area contributed by atoms with E-state index in [0.29, 0.717) is 68.9 Å². The Balaban J connectivity index is 0.000000211. The molecule has 0 bridgehead atoms. The fourth-order valence-corrected chi connectivity index (χ4v) is 13.6. The minimum absolute atomic E-state index is 0. The normalized spacial score (nSPS) is 20.0. The Labute approximate surface area is 454 Å². The number of rotatable bonds is 11. The number of nitrogens with zero attached hydrogens (tertiary/aromatic N) is 10. The molecule has 6 heterocycles. The number of carboxylic acids is 1. The van der Waals surface area contributed by atoms with Gasteiger partial charge in [0, 0.05) is 59.0 Å². The summed E-state index contributed by atoms with van der Waals surface area (Å²) < 4.78 is 59.7. The van der Waals surface area contributed by atoms with Gasteiger partial charge in [-0.05, 0) is 114 Å². The zero-order valence-electron chi connectivity index (χ0n) is 40.7. The Bertz CT molecular complexity index is 3590. The van der Waals surface area contributed by atoms with Crippen LogP contribution in [0.5, 0.6) is 0 Å². The van der Waals surface area contributed by atoms with Gasteiger partial charge in [0.25, 0.3) is 0 Å². The first kappa shape index (κ1) is 55.8. The van der Waals surface area contributed by atoms with E-state index in [0.717, 1.165) is 46.1 Å². The number of aliphatic carboxylic acids is 1. The van der Waals surface area contributed by atoms with E-state index in [9.17, 15) is 31.5 Å². The second-order valence-corrected chi connectivity index (χ2v) is 24.3. The Morgan fingerprint density at radius 1 is 0.662 bits per heavy atom. The van der Waals surface area contributed by atoms with E-state index in [4.69, 9.17) is 26.2 Å². The van der Waals surface area contributed by atoms with Crippen LogP contribution >= 0.6 is 31.9 Å². The molecule has 0 aliphatic heterocycles. The first-order chi connectivity index (χ1) is 34.3. The predicted molar refractivity (Wildman–Crippen MR) is 279 cm³/mol. The van der Waals surface area contributed by atoms with Crippen LogP contribution in [-0.4, -0.2) is 117 Å². The Morgan fingerprint density at radius 3 is 1.39 bits per heavy atom. The smallest absolute Gasteiger partial charge is 0.870 e. The maximum absolute atomic E-state index is 12.7. The first-order valence-electron chi connectivity index (χ1n) is 22.9. The summed E-state index contributed by atoms with van der Waals surface area (Å²) in [6.07, 6.45) is 14.7. The minimum atomic E-state index is -3.78. The number of anilines is 2. The number of carbonyl (C=O) groups is 2. The van der Waals surface area contributed by atoms with Crippen molar-refractivity contribution in [2.45, 2.75) is 79.6 Å². The topological polar surface area (TPSA) is 310 Å². The molecule has 8 aromatic rings. The van der Waals surface area contributed by atoms with Crippen LogP contribution in [0.25, 0.3) is 44.9 Å². The average Bonchev–Trinajstić information content (AvgIpc) is 4.21. The van der Waals surface area contributed by atoms with E-state index < -0.39 is 41.1 Å². The number of aromatic nitrogens is 10. The monoisotopic (exact) mass is 1170 g/mol. The van der Waals surface area contributed by atoms with E-state index in [2.05, 4.69) is 52.3 Å². The van der Waals surface area contributed by atoms with E-state index in [1.54, 1.807) is 50.1 Å². The minimum Gasteiger partial charge on any atom is -0.870 e. The molecule has 26 heteroatoms. The quantitative estimate of drug-likeness (QED) is 0.121. The summed E-state index contributed by atoms with van der Waals surface area (Å²) in [4.78, 5) is 34.4. The molecule has 74 heavy (non-hydrogen) atoms. The van der Waals surface area contributed by atoms with Gasteiger partial charge >= 0.3 is 30.8 Å². The van der Waals surface area contributed by atoms with Gasteiger partial charge in [-0.3, -0.25) is 9.59 Å². The number of esters is 1. The molecule has 2 aromatic carbocycles. The van der Waals surface area contributed by atoms with Crippen molar-refractivity contribution in [1.29, 1.82) is 0 Å². The number of nitrogens with two attached hydrogens (primary N) is 2. The van der Waals surface area contributed by atoms with Crippen LogP contribution in [-0.2, 0) is 34.0 Å². The fourth-order valence-electron chi connectivity index (χ4n) is 9.79. The molecule has 0 unspecified atom stereocenters. The fraction of sp³-hybridized carbons (Fsp3) is 0.333. The molecule has 0 radical (unpaired) electrons. The average molecular weight is 1170 g/mol. The maximum Gasteiger partial charge on any atom is 1.00 e. The second kappa shape index (κ2) is 21.7. The largest absolute Gasteiger partial charge is 1.00 e. The van der Waals surface area contributed by atoms with Crippen molar-refractivity contribution in [2.75, 3.05) is 30.6 Å². The van der Waals surface area contributed by atoms with Gasteiger partial charge in [-0.15, -0.1) is 0 Å². The molecule has 0 amide bonds. The standard InChI is InChI=1S/C25H27BrN6O4S.C23H23BrN6O4S.Li.H2O/c1-3-36-24(33)25(37(2,34)35)11-9-16(10-12-25)21-20(26)22(27)32-23(30-21)19(14-29-32)17-13-28-31(15-17)18-7-5-4-6-8-18;1-35(33,34)23(22(31)32)9-7-14(8-10-23)19-18(24)20(25)30-21(28-19)17(12-27-30)15-11-26-29(13-15)16-5-3-2-4-6-16;;/h4-8,13-16H,3,9-12,27H2,1-2H3;2-6,11-14H,7-10,25H2,1H3,(H,31,32);;1H2/q;;+1;/p-1. The van der Waals surface area contributed by atoms with Crippen LogP contribution in [0.15, 0.2) is 107 Å². The Kier molecular flexibility index (Phi) is 16.4. The van der Waals surface area contributed by atoms with Crippen LogP contribution in [0.3, 0.4) is 0 Å². The van der Waals surface area contributed by atoms with Crippen molar-refractivity contribution < 1.29 is 60.6 Å². The summed E-state index contributed by atoms with van der Waals surface area (Å²) in [5.74, 6) is -1.46. The molecular formula is C48H51Br2LiN12O9S2. The van der Waals surface area contributed by atoms with E-state index >= 15 is 0 Å². The van der Waals surface area contributed by atoms with Crippen LogP contribution in [0.4, 0.5) is 11.6 Å². The molecule has 2 fully saturated rings. The third-order valence-electron chi connectivity index (χ3n) is 13.9. The van der Waals surface area contributed by atoms with Crippen LogP contribution in [0, 0.1) is 0 Å². The van der Waals surface area contributed by atoms with Gasteiger partial charge in [-0.1, -0.05) is 36.4 Å². The summed E-state index contributed by atoms with van der Waals surface area (Å²) in [6, 6.07) is 19.5. The first-order valence-corrected chi connectivity index (χ1v) is 28.3. The third kappa shape index (κ3) is 10.0. The molecule has 2 aliphatic carbocycles. The number of halogens is 2. The molecule has 10 rings (SSSR count). The second-order valence-electron chi connectivity index (χ2n) is 18.1.